The second-order valence-electron chi connectivity index (χ2n) is 7.41. The molecule has 0 bridgehead atoms. The van der Waals surface area contributed by atoms with Crippen molar-refractivity contribution in [2.45, 2.75) is 32.9 Å². The number of nitrogens with zero attached hydrogens (tertiary/aromatic N) is 2. The van der Waals surface area contributed by atoms with Crippen molar-refractivity contribution >= 4 is 27.5 Å². The van der Waals surface area contributed by atoms with E-state index in [1.807, 2.05) is 0 Å². The molecule has 0 heterocycles. The van der Waals surface area contributed by atoms with Crippen molar-refractivity contribution in [2.24, 2.45) is 0 Å². The maximum atomic E-state index is 14.4. The molecule has 2 rings (SSSR count). The highest BCUT2D eigenvalue weighted by Gasteiger charge is 2.32. The number of carbonyl (C=O) groups is 2. The normalized spacial score (nSPS) is 12.0. The number of ether oxygens (including phenoxy) is 1. The van der Waals surface area contributed by atoms with Gasteiger partial charge in [-0.25, -0.2) is 12.8 Å². The van der Waals surface area contributed by atoms with Crippen LogP contribution >= 0.6 is 0 Å². The van der Waals surface area contributed by atoms with Crippen molar-refractivity contribution in [2.75, 3.05) is 30.8 Å². The summed E-state index contributed by atoms with van der Waals surface area (Å²) in [6.07, 6.45) is 1.22. The molecule has 180 valence electrons. The summed E-state index contributed by atoms with van der Waals surface area (Å²) in [5.41, 5.74) is 0.493. The zero-order chi connectivity index (χ0) is 24.6. The summed E-state index contributed by atoms with van der Waals surface area (Å²) >= 11 is 0. The number of halogens is 1. The van der Waals surface area contributed by atoms with Gasteiger partial charge in [-0.3, -0.25) is 13.9 Å². The van der Waals surface area contributed by atoms with E-state index in [0.717, 1.165) is 22.2 Å². The first kappa shape index (κ1) is 26.1. The highest BCUT2D eigenvalue weighted by atomic mass is 32.2. The van der Waals surface area contributed by atoms with Crippen LogP contribution in [0.4, 0.5) is 10.1 Å². The largest absolute Gasteiger partial charge is 0.497 e. The zero-order valence-corrected chi connectivity index (χ0v) is 20.1. The molecular weight excluding hydrogens is 449 g/mol. The minimum Gasteiger partial charge on any atom is -0.497 e. The standard InChI is InChI=1S/C23H30FN3O5S/c1-5-20(23(29)25-6-2)26(15-17-11-13-18(32-3)14-12-17)22(28)16-27(33(4,30)31)21-10-8-7-9-19(21)24/h7-14,20H,5-6,15-16H2,1-4H3,(H,25,29)/t20-/m1/s1. The van der Waals surface area contributed by atoms with E-state index < -0.39 is 34.3 Å². The van der Waals surface area contributed by atoms with Gasteiger partial charge in [-0.05, 0) is 43.2 Å². The molecule has 0 saturated carbocycles. The molecule has 0 aliphatic heterocycles. The van der Waals surface area contributed by atoms with Crippen LogP contribution in [-0.2, 0) is 26.2 Å². The Hall–Kier alpha value is -3.14. The van der Waals surface area contributed by atoms with Crippen LogP contribution in [0, 0.1) is 5.82 Å². The Morgan fingerprint density at radius 3 is 2.24 bits per heavy atom. The summed E-state index contributed by atoms with van der Waals surface area (Å²) < 4.78 is 45.1. The number of amides is 2. The van der Waals surface area contributed by atoms with Crippen molar-refractivity contribution in [3.05, 3.63) is 59.9 Å². The topological polar surface area (TPSA) is 96.0 Å². The number of anilines is 1. The second kappa shape index (κ2) is 11.6. The Morgan fingerprint density at radius 1 is 1.09 bits per heavy atom. The summed E-state index contributed by atoms with van der Waals surface area (Å²) in [5, 5.41) is 2.72. The number of benzene rings is 2. The average molecular weight is 480 g/mol. The molecule has 0 spiro atoms. The second-order valence-corrected chi connectivity index (χ2v) is 9.32. The molecule has 2 aromatic rings. The minimum absolute atomic E-state index is 0.0628. The smallest absolute Gasteiger partial charge is 0.244 e. The Bertz CT molecular complexity index is 1060. The molecule has 8 nitrogen and oxygen atoms in total. The fourth-order valence-electron chi connectivity index (χ4n) is 3.39. The highest BCUT2D eigenvalue weighted by Crippen LogP contribution is 2.23. The van der Waals surface area contributed by atoms with Gasteiger partial charge in [-0.2, -0.15) is 0 Å². The first-order chi connectivity index (χ1) is 15.6. The lowest BCUT2D eigenvalue weighted by Gasteiger charge is -2.32. The van der Waals surface area contributed by atoms with E-state index in [9.17, 15) is 22.4 Å². The molecule has 0 radical (unpaired) electrons. The lowest BCUT2D eigenvalue weighted by atomic mass is 10.1. The van der Waals surface area contributed by atoms with Crippen molar-refractivity contribution in [1.82, 2.24) is 10.2 Å². The Kier molecular flexibility index (Phi) is 9.22. The molecule has 0 aliphatic rings. The number of hydrogen-bond acceptors (Lipinski definition) is 5. The summed E-state index contributed by atoms with van der Waals surface area (Å²) in [5.74, 6) is -1.11. The molecule has 0 aromatic heterocycles. The van der Waals surface area contributed by atoms with E-state index in [1.54, 1.807) is 38.1 Å². The number of carbonyl (C=O) groups excluding carboxylic acids is 2. The minimum atomic E-state index is -3.99. The van der Waals surface area contributed by atoms with Gasteiger partial charge in [0.1, 0.15) is 24.2 Å². The molecule has 0 unspecified atom stereocenters. The van der Waals surface area contributed by atoms with E-state index >= 15 is 0 Å². The Balaban J connectivity index is 2.43. The predicted molar refractivity (Wildman–Crippen MR) is 125 cm³/mol. The molecule has 0 aliphatic carbocycles. The van der Waals surface area contributed by atoms with Gasteiger partial charge in [0.2, 0.25) is 21.8 Å². The SMILES string of the molecule is CCNC(=O)[C@@H](CC)N(Cc1ccc(OC)cc1)C(=O)CN(c1ccccc1F)S(C)(=O)=O. The molecule has 1 atom stereocenters. The van der Waals surface area contributed by atoms with Crippen LogP contribution in [0.1, 0.15) is 25.8 Å². The van der Waals surface area contributed by atoms with E-state index in [4.69, 9.17) is 4.74 Å². The van der Waals surface area contributed by atoms with Crippen molar-refractivity contribution < 1.29 is 27.1 Å². The number of likely N-dealkylation sites (N-methyl/N-ethyl adjacent to an activating group) is 1. The Morgan fingerprint density at radius 2 is 1.73 bits per heavy atom. The van der Waals surface area contributed by atoms with Gasteiger partial charge in [0.05, 0.1) is 19.1 Å². The van der Waals surface area contributed by atoms with Crippen LogP contribution in [0.3, 0.4) is 0 Å². The lowest BCUT2D eigenvalue weighted by molar-refractivity contribution is -0.140. The maximum Gasteiger partial charge on any atom is 0.244 e. The van der Waals surface area contributed by atoms with E-state index in [2.05, 4.69) is 5.32 Å². The van der Waals surface area contributed by atoms with Crippen LogP contribution in [0.15, 0.2) is 48.5 Å². The van der Waals surface area contributed by atoms with Crippen LogP contribution in [0.5, 0.6) is 5.75 Å². The van der Waals surface area contributed by atoms with Crippen LogP contribution < -0.4 is 14.4 Å². The number of methoxy groups -OCH3 is 1. The summed E-state index contributed by atoms with van der Waals surface area (Å²) in [6.45, 7) is 3.33. The molecule has 2 aromatic carbocycles. The molecule has 1 N–H and O–H groups in total. The first-order valence-electron chi connectivity index (χ1n) is 10.5. The third kappa shape index (κ3) is 6.92. The predicted octanol–water partition coefficient (Wildman–Crippen LogP) is 2.54. The number of nitrogens with one attached hydrogen (secondary N) is 1. The quantitative estimate of drug-likeness (QED) is 0.534. The van der Waals surface area contributed by atoms with E-state index in [0.29, 0.717) is 18.7 Å². The van der Waals surface area contributed by atoms with Gasteiger partial charge in [-0.15, -0.1) is 0 Å². The van der Waals surface area contributed by atoms with Gasteiger partial charge < -0.3 is 15.0 Å². The van der Waals surface area contributed by atoms with Gasteiger partial charge in [0, 0.05) is 13.1 Å². The van der Waals surface area contributed by atoms with Crippen LogP contribution in [-0.4, -0.2) is 57.6 Å². The number of hydrogen-bond donors (Lipinski definition) is 1. The highest BCUT2D eigenvalue weighted by molar-refractivity contribution is 7.92. The van der Waals surface area contributed by atoms with E-state index in [1.165, 1.54) is 30.2 Å². The third-order valence-corrected chi connectivity index (χ3v) is 6.18. The number of rotatable bonds is 11. The fourth-order valence-corrected chi connectivity index (χ4v) is 4.24. The Labute approximate surface area is 194 Å². The monoisotopic (exact) mass is 479 g/mol. The van der Waals surface area contributed by atoms with Crippen LogP contribution in [0.2, 0.25) is 0 Å². The van der Waals surface area contributed by atoms with Gasteiger partial charge in [-0.1, -0.05) is 31.2 Å². The van der Waals surface area contributed by atoms with Gasteiger partial charge >= 0.3 is 0 Å². The summed E-state index contributed by atoms with van der Waals surface area (Å²) in [7, 11) is -2.45. The zero-order valence-electron chi connectivity index (χ0n) is 19.2. The van der Waals surface area contributed by atoms with Gasteiger partial charge in [0.25, 0.3) is 0 Å². The molecule has 0 fully saturated rings. The van der Waals surface area contributed by atoms with E-state index in [-0.39, 0.29) is 18.1 Å². The van der Waals surface area contributed by atoms with Crippen molar-refractivity contribution in [3.8, 4) is 5.75 Å². The molecule has 2 amide bonds. The summed E-state index contributed by atoms with van der Waals surface area (Å²) in [6, 6.07) is 11.5. The molecule has 10 heteroatoms. The summed E-state index contributed by atoms with van der Waals surface area (Å²) in [4.78, 5) is 27.4. The van der Waals surface area contributed by atoms with Crippen molar-refractivity contribution in [3.63, 3.8) is 0 Å². The molecule has 33 heavy (non-hydrogen) atoms. The number of sulfonamides is 1. The van der Waals surface area contributed by atoms with Crippen molar-refractivity contribution in [1.29, 1.82) is 0 Å². The molecule has 0 saturated heterocycles. The first-order valence-corrected chi connectivity index (χ1v) is 12.4. The number of para-hydroxylation sites is 1. The maximum absolute atomic E-state index is 14.4. The molecular formula is C23H30FN3O5S. The fraction of sp³-hybridized carbons (Fsp3) is 0.391. The van der Waals surface area contributed by atoms with Crippen LogP contribution in [0.25, 0.3) is 0 Å². The lowest BCUT2D eigenvalue weighted by Crippen LogP contribution is -2.52. The average Bonchev–Trinajstić information content (AvgIpc) is 2.77. The van der Waals surface area contributed by atoms with Gasteiger partial charge in [0.15, 0.2) is 0 Å². The third-order valence-electron chi connectivity index (χ3n) is 5.05.